The van der Waals surface area contributed by atoms with Crippen molar-refractivity contribution in [1.29, 1.82) is 0 Å². The van der Waals surface area contributed by atoms with Crippen LogP contribution >= 0.6 is 0 Å². The van der Waals surface area contributed by atoms with Crippen LogP contribution in [0.5, 0.6) is 0 Å². The average molecular weight is 599 g/mol. The zero-order chi connectivity index (χ0) is 31.5. The van der Waals surface area contributed by atoms with Gasteiger partial charge in [0.2, 0.25) is 23.6 Å². The molecule has 0 radical (unpaired) electrons. The predicted octanol–water partition coefficient (Wildman–Crippen LogP) is 2.67. The maximum absolute atomic E-state index is 12.5. The summed E-state index contributed by atoms with van der Waals surface area (Å²) in [6.45, 7) is 3.61. The molecule has 2 N–H and O–H groups in total. The number of carbonyl (C=O) groups is 5. The number of hydroxylamine groups is 4. The molecule has 0 fully saturated rings. The maximum atomic E-state index is 12.5. The topological polar surface area (TPSA) is 144 Å². The number of ether oxygens (including phenoxy) is 1. The fourth-order valence-corrected chi connectivity index (χ4v) is 3.93. The summed E-state index contributed by atoms with van der Waals surface area (Å²) in [6.07, 6.45) is 1.40. The van der Waals surface area contributed by atoms with E-state index in [1.807, 2.05) is 60.7 Å². The molecule has 0 unspecified atom stereocenters. The predicted molar refractivity (Wildman–Crippen MR) is 157 cm³/mol. The van der Waals surface area contributed by atoms with Crippen molar-refractivity contribution in [2.75, 3.05) is 26.7 Å². The number of hydrogen-bond acceptors (Lipinski definition) is 8. The molecule has 0 aliphatic rings. The fraction of sp³-hybridized carbons (Fsp3) is 0.452. The molecule has 2 rings (SSSR count). The van der Waals surface area contributed by atoms with Crippen molar-refractivity contribution in [2.24, 2.45) is 0 Å². The van der Waals surface area contributed by atoms with E-state index in [0.29, 0.717) is 25.8 Å². The fourth-order valence-electron chi connectivity index (χ4n) is 3.93. The molecule has 0 heterocycles. The van der Waals surface area contributed by atoms with Gasteiger partial charge in [-0.15, -0.1) is 0 Å². The molecular weight excluding hydrogens is 556 g/mol. The Bertz CT molecular complexity index is 1160. The number of nitrogens with one attached hydrogen (secondary N) is 2. The highest BCUT2D eigenvalue weighted by atomic mass is 16.7. The molecule has 0 aromatic heterocycles. The number of nitrogens with zero attached hydrogens (tertiary/aromatic N) is 2. The van der Waals surface area contributed by atoms with Gasteiger partial charge in [-0.1, -0.05) is 60.7 Å². The largest absolute Gasteiger partial charge is 0.467 e. The zero-order valence-corrected chi connectivity index (χ0v) is 25.1. The van der Waals surface area contributed by atoms with E-state index in [4.69, 9.17) is 14.4 Å². The summed E-state index contributed by atoms with van der Waals surface area (Å²) in [5, 5.41) is 7.73. The molecule has 0 saturated heterocycles. The molecule has 43 heavy (non-hydrogen) atoms. The third kappa shape index (κ3) is 14.4. The van der Waals surface area contributed by atoms with Crippen LogP contribution in [-0.4, -0.2) is 72.5 Å². The van der Waals surface area contributed by atoms with E-state index in [1.54, 1.807) is 0 Å². The molecule has 234 valence electrons. The van der Waals surface area contributed by atoms with Crippen molar-refractivity contribution in [3.63, 3.8) is 0 Å². The normalized spacial score (nSPS) is 11.2. The number of methoxy groups -OCH3 is 1. The number of carbonyl (C=O) groups excluding carboxylic acids is 5. The minimum atomic E-state index is -0.866. The molecule has 2 aromatic carbocycles. The Morgan fingerprint density at radius 1 is 0.721 bits per heavy atom. The van der Waals surface area contributed by atoms with Crippen LogP contribution in [0.3, 0.4) is 0 Å². The lowest BCUT2D eigenvalue weighted by atomic mass is 10.1. The van der Waals surface area contributed by atoms with Crippen LogP contribution in [0.2, 0.25) is 0 Å². The highest BCUT2D eigenvalue weighted by molar-refractivity contribution is 5.84. The summed E-state index contributed by atoms with van der Waals surface area (Å²) in [5.41, 5.74) is 1.79. The van der Waals surface area contributed by atoms with Crippen molar-refractivity contribution in [3.8, 4) is 0 Å². The van der Waals surface area contributed by atoms with Gasteiger partial charge >= 0.3 is 5.97 Å². The Morgan fingerprint density at radius 3 is 1.67 bits per heavy atom. The van der Waals surface area contributed by atoms with Gasteiger partial charge in [-0.3, -0.25) is 28.9 Å². The first kappa shape index (κ1) is 34.9. The number of hydrogen-bond donors (Lipinski definition) is 2. The van der Waals surface area contributed by atoms with Gasteiger partial charge in [-0.05, 0) is 30.4 Å². The molecule has 4 amide bonds. The number of unbranched alkanes of at least 4 members (excludes halogenated alkanes) is 1. The van der Waals surface area contributed by atoms with Crippen LogP contribution in [0, 0.1) is 0 Å². The highest BCUT2D eigenvalue weighted by Crippen LogP contribution is 2.07. The minimum Gasteiger partial charge on any atom is -0.467 e. The second-order valence-corrected chi connectivity index (χ2v) is 9.75. The molecule has 0 aliphatic carbocycles. The van der Waals surface area contributed by atoms with Gasteiger partial charge < -0.3 is 15.4 Å². The van der Waals surface area contributed by atoms with Crippen LogP contribution in [0.1, 0.15) is 57.1 Å². The first-order valence-electron chi connectivity index (χ1n) is 14.2. The Balaban J connectivity index is 1.68. The summed E-state index contributed by atoms with van der Waals surface area (Å²) in [5.74, 6) is -1.89. The number of rotatable bonds is 19. The molecule has 1 atom stereocenters. The highest BCUT2D eigenvalue weighted by Gasteiger charge is 2.22. The van der Waals surface area contributed by atoms with Gasteiger partial charge in [0, 0.05) is 33.2 Å². The van der Waals surface area contributed by atoms with Crippen LogP contribution in [-0.2, 0) is 51.6 Å². The molecule has 0 aliphatic heterocycles. The van der Waals surface area contributed by atoms with Crippen molar-refractivity contribution in [2.45, 2.75) is 65.2 Å². The SMILES string of the molecule is COC(=O)[C@H](CCCCNC(=O)CCN(OCc1ccccc1)C(C)=O)NC(=O)CCN(OCc1ccccc1)C(C)=O. The van der Waals surface area contributed by atoms with Crippen molar-refractivity contribution in [1.82, 2.24) is 20.8 Å². The first-order valence-corrected chi connectivity index (χ1v) is 14.2. The second-order valence-electron chi connectivity index (χ2n) is 9.75. The Morgan fingerprint density at radius 2 is 1.21 bits per heavy atom. The molecule has 0 spiro atoms. The zero-order valence-electron chi connectivity index (χ0n) is 25.1. The van der Waals surface area contributed by atoms with Crippen LogP contribution in [0.4, 0.5) is 0 Å². The van der Waals surface area contributed by atoms with Gasteiger partial charge in [0.15, 0.2) is 0 Å². The summed E-state index contributed by atoms with van der Waals surface area (Å²) in [7, 11) is 1.24. The quantitative estimate of drug-likeness (QED) is 0.143. The standard InChI is InChI=1S/C31H42N4O8/c1-24(36)34(42-22-26-12-6-4-7-13-26)20-17-29(38)32-19-11-10-16-28(31(40)41-3)33-30(39)18-21-35(25(2)37)43-23-27-14-8-5-9-15-27/h4-9,12-15,28H,10-11,16-23H2,1-3H3,(H,32,38)(H,33,39)/t28-/m0/s1. The number of amides is 4. The number of esters is 1. The molecule has 12 nitrogen and oxygen atoms in total. The lowest BCUT2D eigenvalue weighted by Gasteiger charge is -2.21. The summed E-state index contributed by atoms with van der Waals surface area (Å²) >= 11 is 0. The monoisotopic (exact) mass is 598 g/mol. The summed E-state index contributed by atoms with van der Waals surface area (Å²) in [6, 6.07) is 17.9. The van der Waals surface area contributed by atoms with Gasteiger partial charge in [0.05, 0.1) is 20.2 Å². The van der Waals surface area contributed by atoms with E-state index >= 15 is 0 Å². The van der Waals surface area contributed by atoms with E-state index in [9.17, 15) is 24.0 Å². The van der Waals surface area contributed by atoms with Gasteiger partial charge in [0.1, 0.15) is 19.3 Å². The molecule has 12 heteroatoms. The molecule has 2 aromatic rings. The van der Waals surface area contributed by atoms with E-state index in [0.717, 1.165) is 16.2 Å². The lowest BCUT2D eigenvalue weighted by Crippen LogP contribution is -2.43. The summed E-state index contributed by atoms with van der Waals surface area (Å²) in [4.78, 5) is 71.9. The molecule has 0 bridgehead atoms. The van der Waals surface area contributed by atoms with E-state index in [2.05, 4.69) is 10.6 Å². The van der Waals surface area contributed by atoms with Crippen LogP contribution in [0.15, 0.2) is 60.7 Å². The van der Waals surface area contributed by atoms with Crippen molar-refractivity contribution in [3.05, 3.63) is 71.8 Å². The number of benzene rings is 2. The first-order chi connectivity index (χ1) is 20.7. The van der Waals surface area contributed by atoms with Gasteiger partial charge in [-0.2, -0.15) is 0 Å². The van der Waals surface area contributed by atoms with Crippen LogP contribution < -0.4 is 10.6 Å². The van der Waals surface area contributed by atoms with Crippen molar-refractivity contribution < 1.29 is 38.4 Å². The van der Waals surface area contributed by atoms with E-state index in [-0.39, 0.29) is 56.9 Å². The minimum absolute atomic E-state index is 0.0201. The molecular formula is C31H42N4O8. The van der Waals surface area contributed by atoms with Gasteiger partial charge in [0.25, 0.3) is 0 Å². The second kappa shape index (κ2) is 19.8. The maximum Gasteiger partial charge on any atom is 0.328 e. The average Bonchev–Trinajstić information content (AvgIpc) is 3.00. The Hall–Kier alpha value is -4.29. The van der Waals surface area contributed by atoms with Crippen LogP contribution in [0.25, 0.3) is 0 Å². The third-order valence-electron chi connectivity index (χ3n) is 6.31. The molecule has 0 saturated carbocycles. The van der Waals surface area contributed by atoms with E-state index in [1.165, 1.54) is 26.0 Å². The van der Waals surface area contributed by atoms with Gasteiger partial charge in [-0.25, -0.2) is 14.9 Å². The smallest absolute Gasteiger partial charge is 0.328 e. The Kier molecular flexibility index (Phi) is 16.0. The van der Waals surface area contributed by atoms with Crippen molar-refractivity contribution >= 4 is 29.6 Å². The lowest BCUT2D eigenvalue weighted by molar-refractivity contribution is -0.190. The van der Waals surface area contributed by atoms with E-state index < -0.39 is 17.9 Å². The summed E-state index contributed by atoms with van der Waals surface area (Å²) < 4.78 is 4.82. The Labute approximate surface area is 252 Å². The third-order valence-corrected chi connectivity index (χ3v) is 6.31.